The molecule has 1 heterocycles. The summed E-state index contributed by atoms with van der Waals surface area (Å²) in [5, 5.41) is 0. The number of carbonyl (C=O) groups is 1. The van der Waals surface area contributed by atoms with E-state index in [-0.39, 0.29) is 17.4 Å². The summed E-state index contributed by atoms with van der Waals surface area (Å²) in [5.74, 6) is -0.137. The highest BCUT2D eigenvalue weighted by atomic mass is 32.2. The number of aromatic nitrogens is 2. The van der Waals surface area contributed by atoms with Crippen molar-refractivity contribution in [1.82, 2.24) is 9.55 Å². The summed E-state index contributed by atoms with van der Waals surface area (Å²) in [6, 6.07) is 9.55. The molecule has 0 spiro atoms. The second-order valence-corrected chi connectivity index (χ2v) is 10.2. The number of nitrogens with one attached hydrogen (secondary N) is 1. The van der Waals surface area contributed by atoms with Gasteiger partial charge in [0.25, 0.3) is 10.0 Å². The van der Waals surface area contributed by atoms with E-state index in [1.54, 1.807) is 18.2 Å². The molecule has 2 aromatic carbocycles. The van der Waals surface area contributed by atoms with Gasteiger partial charge >= 0.3 is 5.97 Å². The predicted molar refractivity (Wildman–Crippen MR) is 121 cm³/mol. The third-order valence-corrected chi connectivity index (χ3v) is 6.06. The largest absolute Gasteiger partial charge is 0.459 e. The van der Waals surface area contributed by atoms with Gasteiger partial charge in [-0.05, 0) is 69.7 Å². The van der Waals surface area contributed by atoms with Crippen LogP contribution in [0, 0.1) is 5.82 Å². The van der Waals surface area contributed by atoms with Gasteiger partial charge in [0, 0.05) is 6.42 Å². The van der Waals surface area contributed by atoms with E-state index >= 15 is 0 Å². The molecule has 1 aromatic heterocycles. The molecule has 32 heavy (non-hydrogen) atoms. The van der Waals surface area contributed by atoms with Crippen molar-refractivity contribution in [2.24, 2.45) is 0 Å². The van der Waals surface area contributed by atoms with Crippen LogP contribution < -0.4 is 4.72 Å². The van der Waals surface area contributed by atoms with Crippen LogP contribution in [0.15, 0.2) is 47.4 Å². The Hall–Kier alpha value is -2.94. The fourth-order valence-electron chi connectivity index (χ4n) is 3.28. The third-order valence-electron chi connectivity index (χ3n) is 4.66. The van der Waals surface area contributed by atoms with Crippen LogP contribution in [0.25, 0.3) is 11.0 Å². The van der Waals surface area contributed by atoms with E-state index in [1.807, 2.05) is 25.3 Å². The molecule has 0 aliphatic carbocycles. The molecule has 1 N–H and O–H groups in total. The minimum atomic E-state index is -3.88. The maximum atomic E-state index is 13.1. The molecule has 0 saturated heterocycles. The normalized spacial score (nSPS) is 12.2. The quantitative estimate of drug-likeness (QED) is 0.493. The lowest BCUT2D eigenvalue weighted by Gasteiger charge is -2.20. The fourth-order valence-corrected chi connectivity index (χ4v) is 4.33. The first-order valence-electron chi connectivity index (χ1n) is 10.5. The molecule has 0 fully saturated rings. The van der Waals surface area contributed by atoms with Crippen molar-refractivity contribution in [1.29, 1.82) is 0 Å². The van der Waals surface area contributed by atoms with Crippen molar-refractivity contribution >= 4 is 32.7 Å². The number of rotatable bonds is 8. The van der Waals surface area contributed by atoms with E-state index in [1.165, 1.54) is 12.1 Å². The van der Waals surface area contributed by atoms with Crippen LogP contribution in [-0.2, 0) is 32.5 Å². The molecule has 3 rings (SSSR count). The van der Waals surface area contributed by atoms with Crippen LogP contribution in [0.3, 0.4) is 0 Å². The topological polar surface area (TPSA) is 90.3 Å². The third kappa shape index (κ3) is 5.85. The van der Waals surface area contributed by atoms with Gasteiger partial charge in [-0.1, -0.05) is 13.3 Å². The van der Waals surface area contributed by atoms with Crippen LogP contribution in [-0.4, -0.2) is 29.5 Å². The number of fused-ring (bicyclic) bond motifs is 1. The van der Waals surface area contributed by atoms with Crippen molar-refractivity contribution in [3.8, 4) is 0 Å². The molecule has 0 aliphatic rings. The highest BCUT2D eigenvalue weighted by Crippen LogP contribution is 2.24. The van der Waals surface area contributed by atoms with Gasteiger partial charge in [-0.25, -0.2) is 17.8 Å². The zero-order valence-electron chi connectivity index (χ0n) is 18.7. The van der Waals surface area contributed by atoms with E-state index in [0.29, 0.717) is 23.1 Å². The number of imidazole rings is 1. The molecular weight excluding hydrogens is 433 g/mol. The molecule has 3 aromatic rings. The van der Waals surface area contributed by atoms with Crippen LogP contribution in [0.5, 0.6) is 0 Å². The monoisotopic (exact) mass is 461 g/mol. The number of hydrogen-bond donors (Lipinski definition) is 1. The fraction of sp³-hybridized carbons (Fsp3) is 0.391. The summed E-state index contributed by atoms with van der Waals surface area (Å²) < 4.78 is 48.1. The van der Waals surface area contributed by atoms with Gasteiger partial charge in [-0.2, -0.15) is 0 Å². The van der Waals surface area contributed by atoms with Gasteiger partial charge < -0.3 is 9.30 Å². The zero-order valence-corrected chi connectivity index (χ0v) is 19.5. The molecule has 0 atom stereocenters. The molecule has 0 radical (unpaired) electrons. The number of ether oxygens (including phenoxy) is 1. The van der Waals surface area contributed by atoms with Crippen molar-refractivity contribution in [3.05, 3.63) is 54.1 Å². The molecule has 9 heteroatoms. The summed E-state index contributed by atoms with van der Waals surface area (Å²) in [6.45, 7) is 7.54. The maximum absolute atomic E-state index is 13.1. The molecule has 7 nitrogen and oxygen atoms in total. The van der Waals surface area contributed by atoms with E-state index < -0.39 is 21.4 Å². The minimum Gasteiger partial charge on any atom is -0.459 e. The lowest BCUT2D eigenvalue weighted by Crippen LogP contribution is -2.27. The van der Waals surface area contributed by atoms with Gasteiger partial charge in [0.05, 0.1) is 21.6 Å². The predicted octanol–water partition coefficient (Wildman–Crippen LogP) is 4.66. The summed E-state index contributed by atoms with van der Waals surface area (Å²) in [5.41, 5.74) is 1.01. The molecule has 0 aliphatic heterocycles. The number of unbranched alkanes of at least 4 members (excludes halogenated alkanes) is 1. The second-order valence-electron chi connectivity index (χ2n) is 8.57. The number of carbonyl (C=O) groups excluding carboxylic acids is 1. The summed E-state index contributed by atoms with van der Waals surface area (Å²) >= 11 is 0. The Morgan fingerprint density at radius 1 is 1.16 bits per heavy atom. The van der Waals surface area contributed by atoms with Gasteiger partial charge in [0.2, 0.25) is 0 Å². The zero-order chi connectivity index (χ0) is 23.5. The Labute approximate surface area is 187 Å². The highest BCUT2D eigenvalue weighted by Gasteiger charge is 2.20. The highest BCUT2D eigenvalue weighted by molar-refractivity contribution is 7.92. The van der Waals surface area contributed by atoms with Gasteiger partial charge in [0.15, 0.2) is 0 Å². The number of aryl methyl sites for hydroxylation is 1. The minimum absolute atomic E-state index is 0.0213. The Bertz CT molecular complexity index is 1210. The van der Waals surface area contributed by atoms with Gasteiger partial charge in [0.1, 0.15) is 23.8 Å². The first-order chi connectivity index (χ1) is 15.0. The molecule has 0 saturated carbocycles. The van der Waals surface area contributed by atoms with E-state index in [9.17, 15) is 17.6 Å². The van der Waals surface area contributed by atoms with Crippen LogP contribution in [0.4, 0.5) is 10.1 Å². The van der Waals surface area contributed by atoms with Crippen molar-refractivity contribution in [2.45, 2.75) is 64.0 Å². The lowest BCUT2D eigenvalue weighted by molar-refractivity contribution is -0.155. The number of anilines is 1. The second kappa shape index (κ2) is 9.28. The summed E-state index contributed by atoms with van der Waals surface area (Å²) in [4.78, 5) is 17.0. The Morgan fingerprint density at radius 2 is 1.84 bits per heavy atom. The molecule has 0 unspecified atom stereocenters. The van der Waals surface area contributed by atoms with E-state index in [0.717, 1.165) is 30.8 Å². The first kappa shape index (κ1) is 23.7. The number of sulfonamides is 1. The molecule has 0 amide bonds. The van der Waals surface area contributed by atoms with Gasteiger partial charge in [-0.3, -0.25) is 9.52 Å². The SMILES string of the molecule is CCCCc1nc2cc(NS(=O)(=O)c3ccc(F)cc3)ccc2n1CC(=O)OC(C)(C)C. The van der Waals surface area contributed by atoms with Crippen molar-refractivity contribution in [3.63, 3.8) is 0 Å². The van der Waals surface area contributed by atoms with E-state index in [2.05, 4.69) is 16.6 Å². The van der Waals surface area contributed by atoms with E-state index in [4.69, 9.17) is 4.74 Å². The van der Waals surface area contributed by atoms with Crippen molar-refractivity contribution in [2.75, 3.05) is 4.72 Å². The average Bonchev–Trinajstić information content (AvgIpc) is 3.01. The van der Waals surface area contributed by atoms with Crippen LogP contribution >= 0.6 is 0 Å². The Balaban J connectivity index is 1.92. The standard InChI is InChI=1S/C23H28FN3O4S/c1-5-6-7-21-25-19-14-17(26-32(29,30)18-11-8-16(24)9-12-18)10-13-20(19)27(21)15-22(28)31-23(2,3)4/h8-14,26H,5-7,15H2,1-4H3. The first-order valence-corrected chi connectivity index (χ1v) is 12.0. The molecule has 0 bridgehead atoms. The number of nitrogens with zero attached hydrogens (tertiary/aromatic N) is 2. The lowest BCUT2D eigenvalue weighted by atomic mass is 10.2. The average molecular weight is 462 g/mol. The number of benzene rings is 2. The van der Waals surface area contributed by atoms with Gasteiger partial charge in [-0.15, -0.1) is 0 Å². The summed E-state index contributed by atoms with van der Waals surface area (Å²) in [6.07, 6.45) is 2.56. The smallest absolute Gasteiger partial charge is 0.326 e. The number of esters is 1. The maximum Gasteiger partial charge on any atom is 0.326 e. The van der Waals surface area contributed by atoms with Crippen LogP contribution in [0.2, 0.25) is 0 Å². The number of hydrogen-bond acceptors (Lipinski definition) is 5. The molecule has 172 valence electrons. The van der Waals surface area contributed by atoms with Crippen molar-refractivity contribution < 1.29 is 22.3 Å². The van der Waals surface area contributed by atoms with Crippen LogP contribution in [0.1, 0.15) is 46.4 Å². The summed E-state index contributed by atoms with van der Waals surface area (Å²) in [7, 11) is -3.88. The number of halogens is 1. The Kier molecular flexibility index (Phi) is 6.88. The molecular formula is C23H28FN3O4S. The Morgan fingerprint density at radius 3 is 2.47 bits per heavy atom.